The standard InChI is InChI=1S/C55H107NO5/c1-3-5-7-9-11-13-15-17-19-20-21-22-23-24-25-26-27-28-29-30-31-32-33-34-35-37-38-40-42-44-46-48-52(58)54(60)51(50-57)56-55(61)53(59)49-47-45-43-41-39-36-18-16-14-12-10-8-6-4-2/h12,14,16,18,51-54,57-60H,3-11,13,15,17,19-50H2,1-2H3,(H,56,61)/b14-12-,18-16-. The Bertz CT molecular complexity index is 924. The zero-order valence-corrected chi connectivity index (χ0v) is 40.9. The van der Waals surface area contributed by atoms with Crippen molar-refractivity contribution >= 4 is 5.91 Å². The van der Waals surface area contributed by atoms with Crippen LogP contribution in [0, 0.1) is 0 Å². The summed E-state index contributed by atoms with van der Waals surface area (Å²) >= 11 is 0. The van der Waals surface area contributed by atoms with Crippen LogP contribution >= 0.6 is 0 Å². The first-order valence-corrected chi connectivity index (χ1v) is 27.2. The summed E-state index contributed by atoms with van der Waals surface area (Å²) in [6.45, 7) is 4.04. The van der Waals surface area contributed by atoms with Gasteiger partial charge in [0.05, 0.1) is 18.8 Å². The molecule has 0 aliphatic heterocycles. The molecule has 0 rings (SSSR count). The summed E-state index contributed by atoms with van der Waals surface area (Å²) < 4.78 is 0. The molecule has 5 N–H and O–H groups in total. The first kappa shape index (κ1) is 59.8. The van der Waals surface area contributed by atoms with Crippen LogP contribution in [0.3, 0.4) is 0 Å². The summed E-state index contributed by atoms with van der Waals surface area (Å²) in [5, 5.41) is 43.9. The number of unbranched alkanes of at least 4 members (excludes halogenated alkanes) is 38. The van der Waals surface area contributed by atoms with Crippen LogP contribution in [0.25, 0.3) is 0 Å². The predicted octanol–water partition coefficient (Wildman–Crippen LogP) is 15.5. The van der Waals surface area contributed by atoms with E-state index >= 15 is 0 Å². The van der Waals surface area contributed by atoms with Gasteiger partial charge in [-0.1, -0.05) is 276 Å². The number of aliphatic hydroxyl groups is 4. The van der Waals surface area contributed by atoms with Gasteiger partial charge in [-0.2, -0.15) is 0 Å². The van der Waals surface area contributed by atoms with Crippen molar-refractivity contribution in [2.75, 3.05) is 6.61 Å². The van der Waals surface area contributed by atoms with Crippen molar-refractivity contribution in [3.05, 3.63) is 24.3 Å². The van der Waals surface area contributed by atoms with Gasteiger partial charge in [0.25, 0.3) is 0 Å². The van der Waals surface area contributed by atoms with Crippen molar-refractivity contribution in [1.82, 2.24) is 5.32 Å². The van der Waals surface area contributed by atoms with E-state index in [9.17, 15) is 25.2 Å². The van der Waals surface area contributed by atoms with Crippen molar-refractivity contribution in [3.63, 3.8) is 0 Å². The van der Waals surface area contributed by atoms with Gasteiger partial charge in [-0.15, -0.1) is 0 Å². The molecule has 0 aromatic heterocycles. The molecule has 0 aliphatic rings. The summed E-state index contributed by atoms with van der Waals surface area (Å²) in [4.78, 5) is 12.5. The molecule has 0 aromatic carbocycles. The van der Waals surface area contributed by atoms with E-state index in [2.05, 4.69) is 43.5 Å². The Morgan fingerprint density at radius 1 is 0.410 bits per heavy atom. The lowest BCUT2D eigenvalue weighted by Crippen LogP contribution is -2.53. The van der Waals surface area contributed by atoms with Crippen LogP contribution < -0.4 is 5.32 Å². The number of rotatable bonds is 50. The monoisotopic (exact) mass is 862 g/mol. The summed E-state index contributed by atoms with van der Waals surface area (Å²) in [6.07, 6.45) is 59.7. The highest BCUT2D eigenvalue weighted by molar-refractivity contribution is 5.80. The van der Waals surface area contributed by atoms with E-state index < -0.39 is 36.9 Å². The van der Waals surface area contributed by atoms with Crippen LogP contribution in [-0.4, -0.2) is 57.3 Å². The SMILES string of the molecule is CCCCC/C=C\C=C/CCCCCCCC(O)C(=O)NC(CO)C(O)C(O)CCCCCCCCCCCCCCCCCCCCCCCCCCCCCCCCC. The lowest BCUT2D eigenvalue weighted by Gasteiger charge is -2.27. The van der Waals surface area contributed by atoms with Gasteiger partial charge in [-0.3, -0.25) is 4.79 Å². The lowest BCUT2D eigenvalue weighted by molar-refractivity contribution is -0.132. The van der Waals surface area contributed by atoms with E-state index in [1.807, 2.05) is 0 Å². The molecule has 0 saturated heterocycles. The number of nitrogens with one attached hydrogen (secondary N) is 1. The molecule has 0 heterocycles. The Hall–Kier alpha value is -1.21. The largest absolute Gasteiger partial charge is 0.394 e. The first-order chi connectivity index (χ1) is 30.0. The molecule has 362 valence electrons. The molecule has 61 heavy (non-hydrogen) atoms. The Morgan fingerprint density at radius 2 is 0.689 bits per heavy atom. The number of carbonyl (C=O) groups is 1. The second-order valence-corrected chi connectivity index (χ2v) is 19.0. The van der Waals surface area contributed by atoms with Gasteiger partial charge in [0.1, 0.15) is 12.2 Å². The van der Waals surface area contributed by atoms with Crippen LogP contribution in [-0.2, 0) is 4.79 Å². The average Bonchev–Trinajstić information content (AvgIpc) is 3.26. The van der Waals surface area contributed by atoms with Gasteiger partial charge in [0.2, 0.25) is 5.91 Å². The van der Waals surface area contributed by atoms with E-state index in [0.29, 0.717) is 12.8 Å². The predicted molar refractivity (Wildman–Crippen MR) is 265 cm³/mol. The lowest BCUT2D eigenvalue weighted by atomic mass is 9.99. The maximum atomic E-state index is 12.5. The minimum atomic E-state index is -1.26. The van der Waals surface area contributed by atoms with Gasteiger partial charge in [-0.25, -0.2) is 0 Å². The van der Waals surface area contributed by atoms with Crippen LogP contribution in [0.5, 0.6) is 0 Å². The van der Waals surface area contributed by atoms with Crippen LogP contribution in [0.2, 0.25) is 0 Å². The summed E-state index contributed by atoms with van der Waals surface area (Å²) in [7, 11) is 0. The molecule has 0 radical (unpaired) electrons. The molecule has 4 unspecified atom stereocenters. The Morgan fingerprint density at radius 3 is 1.03 bits per heavy atom. The number of amides is 1. The highest BCUT2D eigenvalue weighted by atomic mass is 16.3. The van der Waals surface area contributed by atoms with Gasteiger partial charge >= 0.3 is 0 Å². The van der Waals surface area contributed by atoms with Crippen molar-refractivity contribution in [1.29, 1.82) is 0 Å². The van der Waals surface area contributed by atoms with Crippen molar-refractivity contribution in [2.24, 2.45) is 0 Å². The number of aliphatic hydroxyl groups excluding tert-OH is 4. The number of hydrogen-bond acceptors (Lipinski definition) is 5. The van der Waals surface area contributed by atoms with E-state index in [0.717, 1.165) is 64.2 Å². The molecule has 0 fully saturated rings. The topological polar surface area (TPSA) is 110 Å². The molecular formula is C55H107NO5. The number of carbonyl (C=O) groups excluding carboxylic acids is 1. The van der Waals surface area contributed by atoms with E-state index in [1.54, 1.807) is 0 Å². The molecule has 4 atom stereocenters. The fraction of sp³-hybridized carbons (Fsp3) is 0.909. The van der Waals surface area contributed by atoms with Gasteiger partial charge in [0.15, 0.2) is 0 Å². The van der Waals surface area contributed by atoms with Crippen LogP contribution in [0.4, 0.5) is 0 Å². The maximum absolute atomic E-state index is 12.5. The second-order valence-electron chi connectivity index (χ2n) is 19.0. The summed E-state index contributed by atoms with van der Waals surface area (Å²) in [6, 6.07) is -0.991. The van der Waals surface area contributed by atoms with Gasteiger partial charge < -0.3 is 25.7 Å². The highest BCUT2D eigenvalue weighted by Gasteiger charge is 2.28. The molecule has 6 nitrogen and oxygen atoms in total. The third-order valence-electron chi connectivity index (χ3n) is 12.9. The Labute approximate surface area is 380 Å². The molecule has 0 bridgehead atoms. The van der Waals surface area contributed by atoms with Crippen molar-refractivity contribution in [3.8, 4) is 0 Å². The second kappa shape index (κ2) is 49.8. The van der Waals surface area contributed by atoms with E-state index in [4.69, 9.17) is 0 Å². The van der Waals surface area contributed by atoms with E-state index in [1.165, 1.54) is 199 Å². The Kier molecular flexibility index (Phi) is 48.8. The smallest absolute Gasteiger partial charge is 0.249 e. The maximum Gasteiger partial charge on any atom is 0.249 e. The zero-order valence-electron chi connectivity index (χ0n) is 40.9. The first-order valence-electron chi connectivity index (χ1n) is 27.2. The number of hydrogen-bond donors (Lipinski definition) is 5. The third-order valence-corrected chi connectivity index (χ3v) is 12.9. The van der Waals surface area contributed by atoms with E-state index in [-0.39, 0.29) is 0 Å². The molecule has 0 aromatic rings. The minimum absolute atomic E-state index is 0.352. The molecule has 0 spiro atoms. The van der Waals surface area contributed by atoms with Crippen LogP contribution in [0.1, 0.15) is 290 Å². The molecular weight excluding hydrogens is 755 g/mol. The summed E-state index contributed by atoms with van der Waals surface area (Å²) in [5.41, 5.74) is 0. The molecule has 0 saturated carbocycles. The molecule has 1 amide bonds. The van der Waals surface area contributed by atoms with Crippen molar-refractivity contribution < 1.29 is 25.2 Å². The van der Waals surface area contributed by atoms with Crippen molar-refractivity contribution in [2.45, 2.75) is 314 Å². The third kappa shape index (κ3) is 43.8. The summed E-state index contributed by atoms with van der Waals surface area (Å²) in [5.74, 6) is -0.593. The number of allylic oxidation sites excluding steroid dienone is 4. The quantitative estimate of drug-likeness (QED) is 0.0309. The normalized spacial score (nSPS) is 14.0. The molecule has 0 aliphatic carbocycles. The Balaban J connectivity index is 3.56. The molecule has 6 heteroatoms. The highest BCUT2D eigenvalue weighted by Crippen LogP contribution is 2.18. The van der Waals surface area contributed by atoms with Gasteiger partial charge in [-0.05, 0) is 38.5 Å². The fourth-order valence-corrected chi connectivity index (χ4v) is 8.63. The average molecular weight is 862 g/mol. The van der Waals surface area contributed by atoms with Gasteiger partial charge in [0, 0.05) is 0 Å². The zero-order chi connectivity index (χ0) is 44.5. The fourth-order valence-electron chi connectivity index (χ4n) is 8.63. The van der Waals surface area contributed by atoms with Crippen LogP contribution in [0.15, 0.2) is 24.3 Å². The minimum Gasteiger partial charge on any atom is -0.394 e.